The lowest BCUT2D eigenvalue weighted by molar-refractivity contribution is -0.0511. The van der Waals surface area contributed by atoms with Gasteiger partial charge in [-0.1, -0.05) is 60.7 Å². The van der Waals surface area contributed by atoms with Gasteiger partial charge >= 0.3 is 0 Å². The quantitative estimate of drug-likeness (QED) is 0.760. The molecule has 0 radical (unpaired) electrons. The first-order chi connectivity index (χ1) is 9.74. The molecule has 0 saturated carbocycles. The molecule has 20 heavy (non-hydrogen) atoms. The van der Waals surface area contributed by atoms with E-state index in [1.54, 1.807) is 0 Å². The maximum Gasteiger partial charge on any atom is 0.152 e. The number of hydrogen-bond donors (Lipinski definition) is 2. The number of rotatable bonds is 7. The summed E-state index contributed by atoms with van der Waals surface area (Å²) in [7, 11) is 0. The Morgan fingerprint density at radius 2 is 1.20 bits per heavy atom. The summed E-state index contributed by atoms with van der Waals surface area (Å²) in [6, 6.07) is 20.5. The lowest BCUT2D eigenvalue weighted by Gasteiger charge is -2.23. The van der Waals surface area contributed by atoms with Crippen molar-refractivity contribution < 1.29 is 10.2 Å². The molecule has 0 amide bonds. The van der Waals surface area contributed by atoms with Crippen molar-refractivity contribution in [1.82, 2.24) is 4.90 Å². The van der Waals surface area contributed by atoms with Gasteiger partial charge in [0.2, 0.25) is 0 Å². The second-order valence-electron chi connectivity index (χ2n) is 4.95. The Morgan fingerprint density at radius 1 is 0.750 bits per heavy atom. The summed E-state index contributed by atoms with van der Waals surface area (Å²) in [4.78, 5) is 2.23. The topological polar surface area (TPSA) is 43.7 Å². The zero-order chi connectivity index (χ0) is 14.2. The third kappa shape index (κ3) is 5.13. The van der Waals surface area contributed by atoms with Crippen LogP contribution in [0.4, 0.5) is 0 Å². The summed E-state index contributed by atoms with van der Waals surface area (Å²) in [5.41, 5.74) is 2.46. The van der Waals surface area contributed by atoms with Crippen molar-refractivity contribution in [3.05, 3.63) is 71.8 Å². The van der Waals surface area contributed by atoms with Gasteiger partial charge in [-0.2, -0.15) is 0 Å². The molecular formula is C17H21NO2. The van der Waals surface area contributed by atoms with E-state index >= 15 is 0 Å². The number of benzene rings is 2. The van der Waals surface area contributed by atoms with Crippen LogP contribution in [0.25, 0.3) is 0 Å². The number of nitrogens with zero attached hydrogens (tertiary/aromatic N) is 1. The number of hydrogen-bond acceptors (Lipinski definition) is 3. The van der Waals surface area contributed by atoms with E-state index < -0.39 is 6.29 Å². The molecule has 0 spiro atoms. The highest BCUT2D eigenvalue weighted by Crippen LogP contribution is 2.10. The Balaban J connectivity index is 2.00. The van der Waals surface area contributed by atoms with Crippen molar-refractivity contribution in [1.29, 1.82) is 0 Å². The molecule has 3 nitrogen and oxygen atoms in total. The van der Waals surface area contributed by atoms with Crippen LogP contribution in [0.5, 0.6) is 0 Å². The summed E-state index contributed by atoms with van der Waals surface area (Å²) in [5, 5.41) is 18.1. The van der Waals surface area contributed by atoms with Gasteiger partial charge in [0.25, 0.3) is 0 Å². The van der Waals surface area contributed by atoms with E-state index in [9.17, 15) is 0 Å². The zero-order valence-electron chi connectivity index (χ0n) is 11.5. The minimum atomic E-state index is -1.25. The predicted octanol–water partition coefficient (Wildman–Crippen LogP) is 2.39. The molecule has 0 aromatic heterocycles. The molecule has 0 aliphatic carbocycles. The molecule has 2 aromatic carbocycles. The zero-order valence-corrected chi connectivity index (χ0v) is 11.5. The summed E-state index contributed by atoms with van der Waals surface area (Å²) < 4.78 is 0. The van der Waals surface area contributed by atoms with E-state index in [-0.39, 0.29) is 0 Å². The highest BCUT2D eigenvalue weighted by Gasteiger charge is 2.09. The Morgan fingerprint density at radius 3 is 1.60 bits per heavy atom. The van der Waals surface area contributed by atoms with Gasteiger partial charge in [-0.15, -0.1) is 0 Å². The SMILES string of the molecule is OC(O)CCN(Cc1ccccc1)Cc1ccccc1. The summed E-state index contributed by atoms with van der Waals surface area (Å²) in [6.07, 6.45) is -0.885. The van der Waals surface area contributed by atoms with Gasteiger partial charge in [-0.3, -0.25) is 4.90 Å². The van der Waals surface area contributed by atoms with E-state index in [2.05, 4.69) is 29.2 Å². The normalized spacial score (nSPS) is 11.2. The summed E-state index contributed by atoms with van der Waals surface area (Å²) in [6.45, 7) is 2.27. The van der Waals surface area contributed by atoms with Crippen molar-refractivity contribution in [2.24, 2.45) is 0 Å². The van der Waals surface area contributed by atoms with Crippen molar-refractivity contribution in [2.75, 3.05) is 6.54 Å². The molecule has 0 saturated heterocycles. The van der Waals surface area contributed by atoms with Crippen LogP contribution in [0.15, 0.2) is 60.7 Å². The first kappa shape index (κ1) is 14.7. The Labute approximate surface area is 120 Å². The first-order valence-corrected chi connectivity index (χ1v) is 6.90. The third-order valence-corrected chi connectivity index (χ3v) is 3.20. The van der Waals surface area contributed by atoms with Crippen LogP contribution in [0.2, 0.25) is 0 Å². The second-order valence-corrected chi connectivity index (χ2v) is 4.95. The largest absolute Gasteiger partial charge is 0.368 e. The summed E-state index contributed by atoms with van der Waals surface area (Å²) in [5.74, 6) is 0. The fourth-order valence-corrected chi connectivity index (χ4v) is 2.20. The number of aliphatic hydroxyl groups excluding tert-OH is 1. The molecule has 2 N–H and O–H groups in total. The third-order valence-electron chi connectivity index (χ3n) is 3.20. The second kappa shape index (κ2) is 7.80. The van der Waals surface area contributed by atoms with Gasteiger partial charge in [0.15, 0.2) is 6.29 Å². The minimum Gasteiger partial charge on any atom is -0.368 e. The standard InChI is InChI=1S/C17H21NO2/c19-17(20)11-12-18(13-15-7-3-1-4-8-15)14-16-9-5-2-6-10-16/h1-10,17,19-20H,11-14H2. The lowest BCUT2D eigenvalue weighted by atomic mass is 10.1. The monoisotopic (exact) mass is 271 g/mol. The van der Waals surface area contributed by atoms with Crippen molar-refractivity contribution in [3.8, 4) is 0 Å². The highest BCUT2D eigenvalue weighted by atomic mass is 16.5. The molecule has 0 aliphatic heterocycles. The highest BCUT2D eigenvalue weighted by molar-refractivity contribution is 5.17. The van der Waals surface area contributed by atoms with Gasteiger partial charge in [-0.25, -0.2) is 0 Å². The minimum absolute atomic E-state index is 0.361. The molecule has 3 heteroatoms. The molecule has 0 aliphatic rings. The summed E-state index contributed by atoms with van der Waals surface area (Å²) >= 11 is 0. The fourth-order valence-electron chi connectivity index (χ4n) is 2.20. The van der Waals surface area contributed by atoms with Crippen LogP contribution in [-0.4, -0.2) is 27.9 Å². The molecular weight excluding hydrogens is 250 g/mol. The molecule has 0 atom stereocenters. The van der Waals surface area contributed by atoms with Gasteiger partial charge in [0, 0.05) is 26.1 Å². The van der Waals surface area contributed by atoms with Crippen LogP contribution >= 0.6 is 0 Å². The van der Waals surface area contributed by atoms with Gasteiger partial charge < -0.3 is 10.2 Å². The van der Waals surface area contributed by atoms with E-state index in [0.717, 1.165) is 13.1 Å². The average molecular weight is 271 g/mol. The predicted molar refractivity (Wildman–Crippen MR) is 79.8 cm³/mol. The molecule has 106 valence electrons. The van der Waals surface area contributed by atoms with Crippen molar-refractivity contribution in [3.63, 3.8) is 0 Å². The molecule has 0 fully saturated rings. The molecule has 0 unspecified atom stereocenters. The lowest BCUT2D eigenvalue weighted by Crippen LogP contribution is -2.26. The smallest absolute Gasteiger partial charge is 0.152 e. The van der Waals surface area contributed by atoms with Gasteiger partial charge in [0.05, 0.1) is 0 Å². The van der Waals surface area contributed by atoms with Gasteiger partial charge in [0.1, 0.15) is 0 Å². The maximum atomic E-state index is 9.06. The van der Waals surface area contributed by atoms with Crippen LogP contribution in [0, 0.1) is 0 Å². The van der Waals surface area contributed by atoms with E-state index in [1.165, 1.54) is 11.1 Å². The molecule has 2 aromatic rings. The molecule has 0 heterocycles. The van der Waals surface area contributed by atoms with Crippen LogP contribution < -0.4 is 0 Å². The van der Waals surface area contributed by atoms with Crippen LogP contribution in [-0.2, 0) is 13.1 Å². The number of aliphatic hydroxyl groups is 2. The average Bonchev–Trinajstić information content (AvgIpc) is 2.47. The van der Waals surface area contributed by atoms with Crippen molar-refractivity contribution >= 4 is 0 Å². The Kier molecular flexibility index (Phi) is 5.74. The van der Waals surface area contributed by atoms with Crippen molar-refractivity contribution in [2.45, 2.75) is 25.8 Å². The van der Waals surface area contributed by atoms with Gasteiger partial charge in [-0.05, 0) is 11.1 Å². The molecule has 2 rings (SSSR count). The molecule has 0 bridgehead atoms. The Hall–Kier alpha value is -1.68. The van der Waals surface area contributed by atoms with E-state index in [4.69, 9.17) is 10.2 Å². The maximum absolute atomic E-state index is 9.06. The Bertz CT molecular complexity index is 443. The first-order valence-electron chi connectivity index (χ1n) is 6.90. The fraction of sp³-hybridized carbons (Fsp3) is 0.294. The van der Waals surface area contributed by atoms with Crippen LogP contribution in [0.3, 0.4) is 0 Å². The van der Waals surface area contributed by atoms with E-state index in [1.807, 2.05) is 36.4 Å². The van der Waals surface area contributed by atoms with Crippen LogP contribution in [0.1, 0.15) is 17.5 Å². The van der Waals surface area contributed by atoms with E-state index in [0.29, 0.717) is 13.0 Å².